The third-order valence-corrected chi connectivity index (χ3v) is 4.85. The second-order valence-electron chi connectivity index (χ2n) is 6.40. The van der Waals surface area contributed by atoms with Gasteiger partial charge in [-0.25, -0.2) is 4.98 Å². The number of aryl methyl sites for hydroxylation is 1. The molecule has 1 saturated heterocycles. The van der Waals surface area contributed by atoms with Crippen LogP contribution in [0.25, 0.3) is 11.0 Å². The number of carbonyl (C=O) groups is 1. The first-order valence-corrected chi connectivity index (χ1v) is 8.64. The number of rotatable bonds is 3. The minimum atomic E-state index is -0.0893. The predicted octanol–water partition coefficient (Wildman–Crippen LogP) is 2.91. The summed E-state index contributed by atoms with van der Waals surface area (Å²) in [5, 5.41) is 11.3. The van der Waals surface area contributed by atoms with Crippen molar-refractivity contribution in [2.75, 3.05) is 26.7 Å². The molecule has 3 aromatic rings. The summed E-state index contributed by atoms with van der Waals surface area (Å²) in [6.45, 7) is 4.00. The van der Waals surface area contributed by atoms with Crippen LogP contribution in [0.15, 0.2) is 36.5 Å². The summed E-state index contributed by atoms with van der Waals surface area (Å²) >= 11 is 0. The number of fused-ring (bicyclic) bond motifs is 1. The van der Waals surface area contributed by atoms with E-state index in [0.717, 1.165) is 28.9 Å². The molecule has 0 bridgehead atoms. The Balaban J connectivity index is 0.00000140. The number of nitrogens with one attached hydrogen (secondary N) is 2. The largest absolute Gasteiger partial charge is 0.496 e. The van der Waals surface area contributed by atoms with Crippen molar-refractivity contribution in [1.82, 2.24) is 25.4 Å². The quantitative estimate of drug-likeness (QED) is 0.676. The number of carbonyl (C=O) groups excluding carboxylic acids is 1. The Hall–Kier alpha value is -2.35. The molecule has 0 aliphatic carbocycles. The molecular weight excluding hydrogens is 401 g/mol. The minimum Gasteiger partial charge on any atom is -0.496 e. The number of benzene rings is 1. The molecule has 3 heterocycles. The molecule has 4 rings (SSSR count). The zero-order valence-corrected chi connectivity index (χ0v) is 17.3. The van der Waals surface area contributed by atoms with Crippen LogP contribution in [0.5, 0.6) is 5.75 Å². The number of halogens is 2. The van der Waals surface area contributed by atoms with Crippen LogP contribution in [0.2, 0.25) is 0 Å². The van der Waals surface area contributed by atoms with Crippen LogP contribution in [0.4, 0.5) is 0 Å². The fourth-order valence-corrected chi connectivity index (χ4v) is 3.47. The number of para-hydroxylation sites is 1. The number of piperazine rings is 1. The monoisotopic (exact) mass is 423 g/mol. The minimum absolute atomic E-state index is 0. The van der Waals surface area contributed by atoms with E-state index in [-0.39, 0.29) is 36.8 Å². The lowest BCUT2D eigenvalue weighted by atomic mass is 10.0. The Kier molecular flexibility index (Phi) is 7.23. The molecule has 1 unspecified atom stereocenters. The summed E-state index contributed by atoms with van der Waals surface area (Å²) in [4.78, 5) is 19.5. The molecular formula is C19H23Cl2N5O2. The van der Waals surface area contributed by atoms with Crippen molar-refractivity contribution in [3.05, 3.63) is 53.3 Å². The fraction of sp³-hybridized carbons (Fsp3) is 0.316. The number of pyridine rings is 1. The lowest BCUT2D eigenvalue weighted by Gasteiger charge is -2.37. The predicted molar refractivity (Wildman–Crippen MR) is 113 cm³/mol. The van der Waals surface area contributed by atoms with E-state index in [1.807, 2.05) is 42.2 Å². The van der Waals surface area contributed by atoms with Gasteiger partial charge in [-0.2, -0.15) is 5.10 Å². The number of hydrogen-bond acceptors (Lipinski definition) is 5. The van der Waals surface area contributed by atoms with Gasteiger partial charge in [-0.15, -0.1) is 24.8 Å². The molecule has 7 nitrogen and oxygen atoms in total. The summed E-state index contributed by atoms with van der Waals surface area (Å²) < 4.78 is 5.50. The molecule has 1 aliphatic rings. The van der Waals surface area contributed by atoms with E-state index in [1.54, 1.807) is 13.3 Å². The van der Waals surface area contributed by atoms with Crippen molar-refractivity contribution in [2.24, 2.45) is 0 Å². The Morgan fingerprint density at radius 3 is 2.86 bits per heavy atom. The summed E-state index contributed by atoms with van der Waals surface area (Å²) in [6.07, 6.45) is 1.60. The van der Waals surface area contributed by atoms with E-state index in [2.05, 4.69) is 20.5 Å². The molecule has 1 fully saturated rings. The number of hydrogen-bond donors (Lipinski definition) is 2. The van der Waals surface area contributed by atoms with Gasteiger partial charge in [0.25, 0.3) is 5.91 Å². The number of amides is 1. The zero-order valence-electron chi connectivity index (χ0n) is 15.6. The average Bonchev–Trinajstić information content (AvgIpc) is 3.07. The van der Waals surface area contributed by atoms with E-state index in [4.69, 9.17) is 4.74 Å². The van der Waals surface area contributed by atoms with Gasteiger partial charge in [0.1, 0.15) is 5.75 Å². The molecule has 9 heteroatoms. The van der Waals surface area contributed by atoms with Gasteiger partial charge in [0.2, 0.25) is 0 Å². The van der Waals surface area contributed by atoms with Crippen LogP contribution in [0.1, 0.15) is 27.7 Å². The highest BCUT2D eigenvalue weighted by molar-refractivity contribution is 5.97. The van der Waals surface area contributed by atoms with E-state index >= 15 is 0 Å². The maximum atomic E-state index is 13.2. The van der Waals surface area contributed by atoms with E-state index in [1.165, 1.54) is 0 Å². The van der Waals surface area contributed by atoms with Gasteiger partial charge in [-0.3, -0.25) is 9.89 Å². The van der Waals surface area contributed by atoms with Crippen molar-refractivity contribution in [1.29, 1.82) is 0 Å². The first kappa shape index (κ1) is 21.9. The lowest BCUT2D eigenvalue weighted by Crippen LogP contribution is -2.48. The highest BCUT2D eigenvalue weighted by Gasteiger charge is 2.30. The smallest absolute Gasteiger partial charge is 0.256 e. The van der Waals surface area contributed by atoms with E-state index < -0.39 is 0 Å². The van der Waals surface area contributed by atoms with Crippen molar-refractivity contribution >= 4 is 41.8 Å². The number of nitrogens with zero attached hydrogens (tertiary/aromatic N) is 3. The Bertz CT molecular complexity index is 962. The number of methoxy groups -OCH3 is 1. The molecule has 1 aliphatic heterocycles. The molecule has 2 aromatic heterocycles. The molecule has 0 spiro atoms. The highest BCUT2D eigenvalue weighted by Crippen LogP contribution is 2.31. The number of aromatic amines is 1. The first-order valence-electron chi connectivity index (χ1n) is 8.64. The molecule has 1 amide bonds. The van der Waals surface area contributed by atoms with Gasteiger partial charge in [0, 0.05) is 42.5 Å². The van der Waals surface area contributed by atoms with Gasteiger partial charge in [-0.1, -0.05) is 18.2 Å². The van der Waals surface area contributed by atoms with E-state index in [9.17, 15) is 4.79 Å². The second kappa shape index (κ2) is 9.23. The number of ether oxygens (including phenoxy) is 1. The van der Waals surface area contributed by atoms with Crippen LogP contribution in [0.3, 0.4) is 0 Å². The maximum Gasteiger partial charge on any atom is 0.256 e. The molecule has 0 saturated carbocycles. The molecule has 0 radical (unpaired) electrons. The van der Waals surface area contributed by atoms with Crippen LogP contribution >= 0.6 is 24.8 Å². The van der Waals surface area contributed by atoms with Crippen molar-refractivity contribution in [3.8, 4) is 5.75 Å². The molecule has 150 valence electrons. The summed E-state index contributed by atoms with van der Waals surface area (Å²) in [5.41, 5.74) is 3.11. The third kappa shape index (κ3) is 3.92. The van der Waals surface area contributed by atoms with Crippen molar-refractivity contribution in [2.45, 2.75) is 13.0 Å². The zero-order chi connectivity index (χ0) is 18.1. The van der Waals surface area contributed by atoms with Gasteiger partial charge in [-0.05, 0) is 19.1 Å². The van der Waals surface area contributed by atoms with Gasteiger partial charge < -0.3 is 15.0 Å². The van der Waals surface area contributed by atoms with Crippen LogP contribution in [-0.2, 0) is 0 Å². The summed E-state index contributed by atoms with van der Waals surface area (Å²) in [7, 11) is 1.65. The summed E-state index contributed by atoms with van der Waals surface area (Å²) in [5.74, 6) is 0.760. The SMILES string of the molecule is COc1ccccc1C1CNCCN1C(=O)c1cnc2n[nH]c(C)c2c1.Cl.Cl. The average molecular weight is 424 g/mol. The highest BCUT2D eigenvalue weighted by atomic mass is 35.5. The molecule has 1 atom stereocenters. The number of aromatic nitrogens is 3. The first-order chi connectivity index (χ1) is 12.7. The van der Waals surface area contributed by atoms with Crippen molar-refractivity contribution < 1.29 is 9.53 Å². The third-order valence-electron chi connectivity index (χ3n) is 4.85. The lowest BCUT2D eigenvalue weighted by molar-refractivity contribution is 0.0631. The normalized spacial score (nSPS) is 16.2. The Morgan fingerprint density at radius 1 is 1.29 bits per heavy atom. The Morgan fingerprint density at radius 2 is 2.07 bits per heavy atom. The summed E-state index contributed by atoms with van der Waals surface area (Å²) in [6, 6.07) is 9.62. The van der Waals surface area contributed by atoms with Gasteiger partial charge in [0.15, 0.2) is 5.65 Å². The molecule has 1 aromatic carbocycles. The molecule has 28 heavy (non-hydrogen) atoms. The maximum absolute atomic E-state index is 13.2. The van der Waals surface area contributed by atoms with E-state index in [0.29, 0.717) is 24.3 Å². The standard InChI is InChI=1S/C19H21N5O2.2ClH/c1-12-15-9-13(10-21-18(15)23-22-12)19(25)24-8-7-20-11-16(24)14-5-3-4-6-17(14)26-2;;/h3-6,9-10,16,20H,7-8,11H2,1-2H3,(H,21,22,23);2*1H. The fourth-order valence-electron chi connectivity index (χ4n) is 3.47. The van der Waals surface area contributed by atoms with Crippen LogP contribution in [0, 0.1) is 6.92 Å². The second-order valence-corrected chi connectivity index (χ2v) is 6.40. The molecule has 2 N–H and O–H groups in total. The number of H-pyrrole nitrogens is 1. The van der Waals surface area contributed by atoms with Gasteiger partial charge in [0.05, 0.1) is 18.7 Å². The van der Waals surface area contributed by atoms with Gasteiger partial charge >= 0.3 is 0 Å². The topological polar surface area (TPSA) is 83.1 Å². The van der Waals surface area contributed by atoms with Crippen molar-refractivity contribution in [3.63, 3.8) is 0 Å². The van der Waals surface area contributed by atoms with Crippen LogP contribution < -0.4 is 10.1 Å². The Labute approximate surface area is 175 Å². The van der Waals surface area contributed by atoms with Crippen LogP contribution in [-0.4, -0.2) is 52.7 Å².